The number of benzene rings is 1. The molecule has 0 saturated carbocycles. The summed E-state index contributed by atoms with van der Waals surface area (Å²) in [5.41, 5.74) is 1.74. The van der Waals surface area contributed by atoms with Gasteiger partial charge in [-0.2, -0.15) is 11.8 Å². The van der Waals surface area contributed by atoms with E-state index in [9.17, 15) is 4.79 Å². The Labute approximate surface area is 111 Å². The number of rotatable bonds is 5. The van der Waals surface area contributed by atoms with Crippen LogP contribution < -0.4 is 5.32 Å². The molecule has 1 amide bonds. The van der Waals surface area contributed by atoms with E-state index in [1.165, 1.54) is 0 Å². The molecule has 0 unspecified atom stereocenters. The number of aromatic nitrogens is 1. The molecule has 0 aliphatic carbocycles. The molecule has 18 heavy (non-hydrogen) atoms. The third-order valence-electron chi connectivity index (χ3n) is 2.50. The van der Waals surface area contributed by atoms with Crippen molar-refractivity contribution < 1.29 is 4.79 Å². The van der Waals surface area contributed by atoms with Crippen LogP contribution in [0, 0.1) is 0 Å². The highest BCUT2D eigenvalue weighted by Crippen LogP contribution is 2.21. The lowest BCUT2D eigenvalue weighted by Crippen LogP contribution is -2.14. The van der Waals surface area contributed by atoms with Crippen molar-refractivity contribution in [3.63, 3.8) is 0 Å². The molecule has 1 heterocycles. The monoisotopic (exact) mass is 260 g/mol. The highest BCUT2D eigenvalue weighted by Gasteiger charge is 2.05. The molecule has 0 aliphatic rings. The van der Waals surface area contributed by atoms with Crippen molar-refractivity contribution in [2.45, 2.75) is 13.3 Å². The molecule has 1 aromatic heterocycles. The molecule has 0 bridgehead atoms. The van der Waals surface area contributed by atoms with Gasteiger partial charge in [-0.25, -0.2) is 0 Å². The maximum atomic E-state index is 11.8. The molecule has 3 nitrogen and oxygen atoms in total. The molecule has 0 saturated heterocycles. The lowest BCUT2D eigenvalue weighted by Gasteiger charge is -2.07. The van der Waals surface area contributed by atoms with Crippen LogP contribution in [-0.4, -0.2) is 22.4 Å². The molecule has 2 aromatic rings. The molecule has 94 valence electrons. The number of pyridine rings is 1. The lowest BCUT2D eigenvalue weighted by atomic mass is 10.2. The van der Waals surface area contributed by atoms with Crippen molar-refractivity contribution >= 4 is 34.3 Å². The summed E-state index contributed by atoms with van der Waals surface area (Å²) in [7, 11) is 0. The van der Waals surface area contributed by atoms with Crippen LogP contribution >= 0.6 is 11.8 Å². The molecule has 1 aromatic carbocycles. The van der Waals surface area contributed by atoms with Crippen molar-refractivity contribution in [3.8, 4) is 0 Å². The number of fused-ring (bicyclic) bond motifs is 1. The minimum Gasteiger partial charge on any atom is -0.325 e. The van der Waals surface area contributed by atoms with E-state index in [4.69, 9.17) is 0 Å². The number of carbonyl (C=O) groups excluding carboxylic acids is 1. The van der Waals surface area contributed by atoms with E-state index in [1.54, 1.807) is 18.0 Å². The van der Waals surface area contributed by atoms with Gasteiger partial charge in [0, 0.05) is 11.6 Å². The van der Waals surface area contributed by atoms with Crippen molar-refractivity contribution in [2.75, 3.05) is 16.8 Å². The Balaban J connectivity index is 2.09. The van der Waals surface area contributed by atoms with Gasteiger partial charge in [0.2, 0.25) is 5.91 Å². The number of hydrogen-bond acceptors (Lipinski definition) is 3. The summed E-state index contributed by atoms with van der Waals surface area (Å²) in [6, 6.07) is 9.61. The average Bonchev–Trinajstić information content (AvgIpc) is 2.39. The average molecular weight is 260 g/mol. The third-order valence-corrected chi connectivity index (χ3v) is 3.66. The zero-order chi connectivity index (χ0) is 12.8. The Morgan fingerprint density at radius 2 is 2.22 bits per heavy atom. The second-order valence-electron chi connectivity index (χ2n) is 3.98. The van der Waals surface area contributed by atoms with Crippen LogP contribution in [0.4, 0.5) is 5.69 Å². The van der Waals surface area contributed by atoms with Gasteiger partial charge in [-0.1, -0.05) is 13.0 Å². The zero-order valence-electron chi connectivity index (χ0n) is 10.3. The van der Waals surface area contributed by atoms with Gasteiger partial charge in [-0.05, 0) is 36.4 Å². The van der Waals surface area contributed by atoms with Crippen LogP contribution in [0.25, 0.3) is 10.9 Å². The highest BCUT2D eigenvalue weighted by molar-refractivity contribution is 7.99. The van der Waals surface area contributed by atoms with Crippen molar-refractivity contribution in [1.29, 1.82) is 0 Å². The number of carbonyl (C=O) groups is 1. The quantitative estimate of drug-likeness (QED) is 0.839. The van der Waals surface area contributed by atoms with Crippen LogP contribution in [0.3, 0.4) is 0 Å². The van der Waals surface area contributed by atoms with E-state index < -0.39 is 0 Å². The number of anilines is 1. The van der Waals surface area contributed by atoms with Crippen LogP contribution in [0.1, 0.15) is 13.3 Å². The SMILES string of the molecule is CCCSCC(=O)Nc1cccc2ncccc12. The van der Waals surface area contributed by atoms with E-state index in [2.05, 4.69) is 17.2 Å². The Hall–Kier alpha value is -1.55. The smallest absolute Gasteiger partial charge is 0.234 e. The van der Waals surface area contributed by atoms with Crippen molar-refractivity contribution in [1.82, 2.24) is 4.98 Å². The van der Waals surface area contributed by atoms with Crippen molar-refractivity contribution in [3.05, 3.63) is 36.5 Å². The molecule has 0 atom stereocenters. The molecule has 0 fully saturated rings. The zero-order valence-corrected chi connectivity index (χ0v) is 11.2. The first-order valence-corrected chi connectivity index (χ1v) is 7.18. The molecule has 1 N–H and O–H groups in total. The van der Waals surface area contributed by atoms with Gasteiger partial charge in [-0.3, -0.25) is 9.78 Å². The lowest BCUT2D eigenvalue weighted by molar-refractivity contribution is -0.113. The summed E-state index contributed by atoms with van der Waals surface area (Å²) in [5.74, 6) is 1.57. The topological polar surface area (TPSA) is 42.0 Å². The van der Waals surface area contributed by atoms with Gasteiger partial charge in [-0.15, -0.1) is 0 Å². The Kier molecular flexibility index (Phi) is 4.59. The molecule has 0 radical (unpaired) electrons. The van der Waals surface area contributed by atoms with Crippen LogP contribution in [0.5, 0.6) is 0 Å². The summed E-state index contributed by atoms with van der Waals surface area (Å²) in [6.45, 7) is 2.11. The van der Waals surface area contributed by atoms with Gasteiger partial charge in [0.25, 0.3) is 0 Å². The molecule has 0 aliphatic heterocycles. The first-order valence-electron chi connectivity index (χ1n) is 6.02. The van der Waals surface area contributed by atoms with E-state index in [0.717, 1.165) is 28.8 Å². The van der Waals surface area contributed by atoms with E-state index in [-0.39, 0.29) is 5.91 Å². The molecule has 2 rings (SSSR count). The fourth-order valence-electron chi connectivity index (χ4n) is 1.71. The van der Waals surface area contributed by atoms with Gasteiger partial charge in [0.1, 0.15) is 0 Å². The standard InChI is InChI=1S/C14H16N2OS/c1-2-9-18-10-14(17)16-13-7-3-6-12-11(13)5-4-8-15-12/h3-8H,2,9-10H2,1H3,(H,16,17). The number of nitrogens with zero attached hydrogens (tertiary/aromatic N) is 1. The summed E-state index contributed by atoms with van der Waals surface area (Å²) in [6.07, 6.45) is 2.85. The fraction of sp³-hybridized carbons (Fsp3) is 0.286. The van der Waals surface area contributed by atoms with Gasteiger partial charge >= 0.3 is 0 Å². The predicted molar refractivity (Wildman–Crippen MR) is 78.0 cm³/mol. The Bertz CT molecular complexity index is 537. The molecular weight excluding hydrogens is 244 g/mol. The Morgan fingerprint density at radius 3 is 3.06 bits per heavy atom. The fourth-order valence-corrected chi connectivity index (χ4v) is 2.40. The summed E-state index contributed by atoms with van der Waals surface area (Å²) >= 11 is 1.66. The van der Waals surface area contributed by atoms with E-state index in [0.29, 0.717) is 5.75 Å². The maximum absolute atomic E-state index is 11.8. The van der Waals surface area contributed by atoms with Gasteiger partial charge in [0.05, 0.1) is 17.0 Å². The Morgan fingerprint density at radius 1 is 1.33 bits per heavy atom. The molecular formula is C14H16N2OS. The minimum atomic E-state index is 0.0461. The number of amides is 1. The van der Waals surface area contributed by atoms with Gasteiger partial charge < -0.3 is 5.32 Å². The van der Waals surface area contributed by atoms with Crippen LogP contribution in [0.2, 0.25) is 0 Å². The number of hydrogen-bond donors (Lipinski definition) is 1. The normalized spacial score (nSPS) is 10.5. The second kappa shape index (κ2) is 6.40. The van der Waals surface area contributed by atoms with Crippen molar-refractivity contribution in [2.24, 2.45) is 0 Å². The van der Waals surface area contributed by atoms with E-state index >= 15 is 0 Å². The predicted octanol–water partition coefficient (Wildman–Crippen LogP) is 3.32. The molecule has 4 heteroatoms. The second-order valence-corrected chi connectivity index (χ2v) is 5.08. The largest absolute Gasteiger partial charge is 0.325 e. The summed E-state index contributed by atoms with van der Waals surface area (Å²) in [5, 5.41) is 3.92. The summed E-state index contributed by atoms with van der Waals surface area (Å²) in [4.78, 5) is 16.0. The number of nitrogens with one attached hydrogen (secondary N) is 1. The first kappa shape index (κ1) is 12.9. The minimum absolute atomic E-state index is 0.0461. The number of thioether (sulfide) groups is 1. The summed E-state index contributed by atoms with van der Waals surface area (Å²) < 4.78 is 0. The third kappa shape index (κ3) is 3.23. The maximum Gasteiger partial charge on any atom is 0.234 e. The molecule has 0 spiro atoms. The first-order chi connectivity index (χ1) is 8.81. The highest BCUT2D eigenvalue weighted by atomic mass is 32.2. The van der Waals surface area contributed by atoms with Crippen LogP contribution in [0.15, 0.2) is 36.5 Å². The van der Waals surface area contributed by atoms with Gasteiger partial charge in [0.15, 0.2) is 0 Å². The van der Waals surface area contributed by atoms with Crippen LogP contribution in [-0.2, 0) is 4.79 Å². The van der Waals surface area contributed by atoms with E-state index in [1.807, 2.05) is 30.3 Å².